The van der Waals surface area contributed by atoms with Crippen LogP contribution >= 0.6 is 12.4 Å². The summed E-state index contributed by atoms with van der Waals surface area (Å²) in [5, 5.41) is 7.30. The van der Waals surface area contributed by atoms with Gasteiger partial charge in [0.25, 0.3) is 0 Å². The molecular formula is C14H18ClN3O2. The van der Waals surface area contributed by atoms with Crippen molar-refractivity contribution in [2.75, 3.05) is 13.1 Å². The number of ether oxygens (including phenoxy) is 1. The van der Waals surface area contributed by atoms with Crippen LogP contribution in [0.2, 0.25) is 0 Å². The van der Waals surface area contributed by atoms with Gasteiger partial charge >= 0.3 is 0 Å². The quantitative estimate of drug-likeness (QED) is 0.939. The van der Waals surface area contributed by atoms with Crippen molar-refractivity contribution in [3.63, 3.8) is 0 Å². The molecular weight excluding hydrogens is 278 g/mol. The van der Waals surface area contributed by atoms with Crippen molar-refractivity contribution >= 4 is 12.4 Å². The monoisotopic (exact) mass is 295 g/mol. The maximum Gasteiger partial charge on any atom is 0.229 e. The Morgan fingerprint density at radius 3 is 2.70 bits per heavy atom. The van der Waals surface area contributed by atoms with Crippen molar-refractivity contribution in [3.8, 4) is 5.75 Å². The van der Waals surface area contributed by atoms with Crippen LogP contribution in [0.1, 0.15) is 30.5 Å². The molecule has 1 aliphatic rings. The van der Waals surface area contributed by atoms with Crippen molar-refractivity contribution in [3.05, 3.63) is 42.0 Å². The third kappa shape index (κ3) is 3.71. The van der Waals surface area contributed by atoms with E-state index in [0.717, 1.165) is 37.6 Å². The van der Waals surface area contributed by atoms with E-state index in [1.54, 1.807) is 0 Å². The molecule has 6 heteroatoms. The highest BCUT2D eigenvalue weighted by Gasteiger charge is 2.21. The molecule has 20 heavy (non-hydrogen) atoms. The number of piperidine rings is 1. The number of nitrogens with zero attached hydrogens (tertiary/aromatic N) is 2. The third-order valence-corrected chi connectivity index (χ3v) is 3.28. The maximum atomic E-state index is 5.60. The lowest BCUT2D eigenvalue weighted by atomic mass is 9.98. The lowest BCUT2D eigenvalue weighted by Crippen LogP contribution is -2.26. The second kappa shape index (κ2) is 7.26. The fourth-order valence-electron chi connectivity index (χ4n) is 2.23. The van der Waals surface area contributed by atoms with E-state index in [2.05, 4.69) is 15.5 Å². The van der Waals surface area contributed by atoms with E-state index in [1.807, 2.05) is 30.3 Å². The summed E-state index contributed by atoms with van der Waals surface area (Å²) in [6.45, 7) is 2.38. The Kier molecular flexibility index (Phi) is 5.38. The first-order chi connectivity index (χ1) is 9.42. The molecule has 5 nitrogen and oxygen atoms in total. The average molecular weight is 296 g/mol. The molecule has 2 heterocycles. The van der Waals surface area contributed by atoms with Crippen LogP contribution in [0.5, 0.6) is 5.75 Å². The van der Waals surface area contributed by atoms with Gasteiger partial charge in [0.2, 0.25) is 11.7 Å². The van der Waals surface area contributed by atoms with Gasteiger partial charge < -0.3 is 14.6 Å². The summed E-state index contributed by atoms with van der Waals surface area (Å²) in [7, 11) is 0. The number of nitrogens with one attached hydrogen (secondary N) is 1. The van der Waals surface area contributed by atoms with Gasteiger partial charge in [-0.05, 0) is 38.1 Å². The van der Waals surface area contributed by atoms with Gasteiger partial charge in [-0.25, -0.2) is 0 Å². The van der Waals surface area contributed by atoms with Crippen LogP contribution in [0.15, 0.2) is 34.9 Å². The van der Waals surface area contributed by atoms with Gasteiger partial charge in [0.1, 0.15) is 5.75 Å². The van der Waals surface area contributed by atoms with Crippen molar-refractivity contribution in [1.29, 1.82) is 0 Å². The number of halogens is 1. The molecule has 0 saturated carbocycles. The zero-order valence-corrected chi connectivity index (χ0v) is 11.9. The summed E-state index contributed by atoms with van der Waals surface area (Å²) >= 11 is 0. The summed E-state index contributed by atoms with van der Waals surface area (Å²) in [5.74, 6) is 2.56. The first-order valence-electron chi connectivity index (χ1n) is 6.63. The van der Waals surface area contributed by atoms with Crippen LogP contribution < -0.4 is 10.1 Å². The molecule has 108 valence electrons. The highest BCUT2D eigenvalue weighted by molar-refractivity contribution is 5.85. The molecule has 3 rings (SSSR count). The molecule has 1 saturated heterocycles. The van der Waals surface area contributed by atoms with E-state index in [4.69, 9.17) is 9.26 Å². The number of hydrogen-bond donors (Lipinski definition) is 1. The van der Waals surface area contributed by atoms with E-state index < -0.39 is 0 Å². The molecule has 2 aromatic rings. The molecule has 0 atom stereocenters. The predicted molar refractivity (Wildman–Crippen MR) is 77.2 cm³/mol. The highest BCUT2D eigenvalue weighted by atomic mass is 35.5. The molecule has 1 N–H and O–H groups in total. The van der Waals surface area contributed by atoms with Gasteiger partial charge in [0.15, 0.2) is 6.61 Å². The number of hydrogen-bond acceptors (Lipinski definition) is 5. The average Bonchev–Trinajstić information content (AvgIpc) is 2.96. The fourth-order valence-corrected chi connectivity index (χ4v) is 2.23. The molecule has 1 aromatic heterocycles. The molecule has 1 aromatic carbocycles. The van der Waals surface area contributed by atoms with Crippen LogP contribution in [0.4, 0.5) is 0 Å². The van der Waals surface area contributed by atoms with Crippen LogP contribution in [-0.2, 0) is 6.61 Å². The van der Waals surface area contributed by atoms with Crippen LogP contribution in [0.3, 0.4) is 0 Å². The standard InChI is InChI=1S/C14H17N3O2.ClH/c1-2-4-12(5-3-1)18-10-13-16-14(19-17-13)11-6-8-15-9-7-11;/h1-5,11,15H,6-10H2;1H. The molecule has 1 aliphatic heterocycles. The summed E-state index contributed by atoms with van der Waals surface area (Å²) in [6, 6.07) is 9.65. The minimum atomic E-state index is 0. The Labute approximate surface area is 124 Å². The van der Waals surface area contributed by atoms with Crippen molar-refractivity contribution in [2.24, 2.45) is 0 Å². The number of aromatic nitrogens is 2. The smallest absolute Gasteiger partial charge is 0.229 e. The van der Waals surface area contributed by atoms with E-state index in [1.165, 1.54) is 0 Å². The van der Waals surface area contributed by atoms with E-state index in [-0.39, 0.29) is 12.4 Å². The van der Waals surface area contributed by atoms with Gasteiger partial charge in [-0.15, -0.1) is 12.4 Å². The van der Waals surface area contributed by atoms with E-state index in [9.17, 15) is 0 Å². The summed E-state index contributed by atoms with van der Waals surface area (Å²) in [4.78, 5) is 4.42. The van der Waals surface area contributed by atoms with Gasteiger partial charge in [0.05, 0.1) is 0 Å². The summed E-state index contributed by atoms with van der Waals surface area (Å²) in [6.07, 6.45) is 2.11. The normalized spacial score (nSPS) is 15.6. The van der Waals surface area contributed by atoms with Gasteiger partial charge in [-0.1, -0.05) is 23.4 Å². The molecule has 0 bridgehead atoms. The zero-order valence-electron chi connectivity index (χ0n) is 11.1. The lowest BCUT2D eigenvalue weighted by molar-refractivity contribution is 0.281. The second-order valence-electron chi connectivity index (χ2n) is 4.67. The van der Waals surface area contributed by atoms with Crippen molar-refractivity contribution < 1.29 is 9.26 Å². The maximum absolute atomic E-state index is 5.60. The number of para-hydroxylation sites is 1. The van der Waals surface area contributed by atoms with Crippen LogP contribution in [-0.4, -0.2) is 23.2 Å². The predicted octanol–water partition coefficient (Wildman–Crippen LogP) is 2.54. The second-order valence-corrected chi connectivity index (χ2v) is 4.67. The van der Waals surface area contributed by atoms with E-state index >= 15 is 0 Å². The minimum absolute atomic E-state index is 0. The van der Waals surface area contributed by atoms with Crippen LogP contribution in [0.25, 0.3) is 0 Å². The van der Waals surface area contributed by atoms with Gasteiger partial charge in [-0.3, -0.25) is 0 Å². The third-order valence-electron chi connectivity index (χ3n) is 3.28. The molecule has 0 aliphatic carbocycles. The molecule has 0 spiro atoms. The lowest BCUT2D eigenvalue weighted by Gasteiger charge is -2.18. The van der Waals surface area contributed by atoms with Gasteiger partial charge in [-0.2, -0.15) is 4.98 Å². The Morgan fingerprint density at radius 1 is 1.20 bits per heavy atom. The topological polar surface area (TPSA) is 60.2 Å². The van der Waals surface area contributed by atoms with Crippen molar-refractivity contribution in [2.45, 2.75) is 25.4 Å². The molecule has 0 radical (unpaired) electrons. The highest BCUT2D eigenvalue weighted by Crippen LogP contribution is 2.23. The van der Waals surface area contributed by atoms with Gasteiger partial charge in [0, 0.05) is 5.92 Å². The first-order valence-corrected chi connectivity index (χ1v) is 6.63. The Morgan fingerprint density at radius 2 is 1.95 bits per heavy atom. The Bertz CT molecular complexity index is 512. The zero-order chi connectivity index (χ0) is 12.9. The number of rotatable bonds is 4. The fraction of sp³-hybridized carbons (Fsp3) is 0.429. The Balaban J connectivity index is 0.00000147. The summed E-state index contributed by atoms with van der Waals surface area (Å²) < 4.78 is 10.9. The SMILES string of the molecule is Cl.c1ccc(OCc2noc(C3CCNCC3)n2)cc1. The minimum Gasteiger partial charge on any atom is -0.485 e. The first kappa shape index (κ1) is 14.8. The summed E-state index contributed by atoms with van der Waals surface area (Å²) in [5.41, 5.74) is 0. The molecule has 0 unspecified atom stereocenters. The molecule has 1 fully saturated rings. The Hall–Kier alpha value is -1.59. The van der Waals surface area contributed by atoms with Crippen LogP contribution in [0, 0.1) is 0 Å². The largest absolute Gasteiger partial charge is 0.485 e. The van der Waals surface area contributed by atoms with Crippen molar-refractivity contribution in [1.82, 2.24) is 15.5 Å². The van der Waals surface area contributed by atoms with E-state index in [0.29, 0.717) is 18.3 Å². The molecule has 0 amide bonds. The number of benzene rings is 1.